The first-order valence-corrected chi connectivity index (χ1v) is 9.61. The lowest BCUT2D eigenvalue weighted by Gasteiger charge is -2.24. The number of carbonyl (C=O) groups is 4. The number of aliphatic carboxylic acids is 1. The summed E-state index contributed by atoms with van der Waals surface area (Å²) in [5, 5.41) is 34.5. The predicted octanol–water partition coefficient (Wildman–Crippen LogP) is -2.26. The Labute approximate surface area is 178 Å². The van der Waals surface area contributed by atoms with Gasteiger partial charge in [0.1, 0.15) is 23.9 Å². The molecule has 1 rings (SSSR count). The van der Waals surface area contributed by atoms with Crippen LogP contribution >= 0.6 is 12.6 Å². The molecule has 3 amide bonds. The van der Waals surface area contributed by atoms with E-state index in [9.17, 15) is 24.3 Å². The van der Waals surface area contributed by atoms with Crippen LogP contribution in [0.2, 0.25) is 0 Å². The van der Waals surface area contributed by atoms with Gasteiger partial charge < -0.3 is 37.0 Å². The molecule has 0 fully saturated rings. The van der Waals surface area contributed by atoms with E-state index in [4.69, 9.17) is 15.9 Å². The molecule has 0 bridgehead atoms. The van der Waals surface area contributed by atoms with E-state index < -0.39 is 54.5 Å². The zero-order valence-electron chi connectivity index (χ0n) is 16.2. The Bertz CT molecular complexity index is 757. The molecule has 12 heteroatoms. The highest BCUT2D eigenvalue weighted by Gasteiger charge is 2.29. The summed E-state index contributed by atoms with van der Waals surface area (Å²) >= 11 is 4.02. The van der Waals surface area contributed by atoms with Gasteiger partial charge in [-0.3, -0.25) is 14.4 Å². The number of rotatable bonds is 11. The topological polar surface area (TPSA) is 191 Å². The molecule has 0 aliphatic carbocycles. The van der Waals surface area contributed by atoms with E-state index >= 15 is 0 Å². The Morgan fingerprint density at radius 1 is 0.967 bits per heavy atom. The van der Waals surface area contributed by atoms with Crippen molar-refractivity contribution in [2.24, 2.45) is 5.73 Å². The molecule has 0 saturated heterocycles. The first-order valence-electron chi connectivity index (χ1n) is 8.98. The minimum atomic E-state index is -1.56. The highest BCUT2D eigenvalue weighted by molar-refractivity contribution is 7.80. The molecule has 8 N–H and O–H groups in total. The molecule has 11 nitrogen and oxygen atoms in total. The van der Waals surface area contributed by atoms with Crippen LogP contribution in [-0.4, -0.2) is 75.5 Å². The summed E-state index contributed by atoms with van der Waals surface area (Å²) in [7, 11) is 0. The number of nitrogens with two attached hydrogens (primary N) is 1. The number of carboxylic acids is 1. The highest BCUT2D eigenvalue weighted by atomic mass is 32.1. The van der Waals surface area contributed by atoms with E-state index in [-0.39, 0.29) is 17.9 Å². The molecule has 0 aliphatic rings. The van der Waals surface area contributed by atoms with Crippen molar-refractivity contribution in [2.45, 2.75) is 37.5 Å². The maximum absolute atomic E-state index is 12.6. The number of nitrogens with one attached hydrogen (secondary N) is 3. The van der Waals surface area contributed by atoms with E-state index in [1.165, 1.54) is 31.2 Å². The molecular weight excluding hydrogens is 416 g/mol. The van der Waals surface area contributed by atoms with E-state index in [1.807, 2.05) is 0 Å². The monoisotopic (exact) mass is 442 g/mol. The molecule has 4 unspecified atom stereocenters. The van der Waals surface area contributed by atoms with Crippen molar-refractivity contribution >= 4 is 36.3 Å². The van der Waals surface area contributed by atoms with Gasteiger partial charge in [-0.1, -0.05) is 12.1 Å². The first kappa shape index (κ1) is 25.2. The van der Waals surface area contributed by atoms with Gasteiger partial charge in [0.05, 0.1) is 12.6 Å². The number of aromatic hydroxyl groups is 1. The fraction of sp³-hybridized carbons (Fsp3) is 0.444. The summed E-state index contributed by atoms with van der Waals surface area (Å²) in [5.41, 5.74) is 6.03. The molecule has 1 aromatic rings. The molecule has 1 aromatic carbocycles. The molecule has 0 saturated carbocycles. The average Bonchev–Trinajstić information content (AvgIpc) is 2.70. The molecule has 30 heavy (non-hydrogen) atoms. The maximum Gasteiger partial charge on any atom is 0.328 e. The number of aliphatic hydroxyl groups is 1. The summed E-state index contributed by atoms with van der Waals surface area (Å²) in [6.45, 7) is 0.593. The van der Waals surface area contributed by atoms with Crippen LogP contribution in [0.15, 0.2) is 24.3 Å². The molecule has 0 aliphatic heterocycles. The molecule has 0 heterocycles. The molecule has 0 aromatic heterocycles. The van der Waals surface area contributed by atoms with E-state index in [0.29, 0.717) is 5.56 Å². The number of benzene rings is 1. The predicted molar refractivity (Wildman–Crippen MR) is 110 cm³/mol. The SMILES string of the molecule is CC(N)C(=O)NC(CS)C(=O)NC(Cc1ccc(O)cc1)C(=O)NC(CO)C(=O)O. The fourth-order valence-corrected chi connectivity index (χ4v) is 2.56. The lowest BCUT2D eigenvalue weighted by atomic mass is 10.0. The number of hydrogen-bond donors (Lipinski definition) is 8. The Balaban J connectivity index is 3.01. The normalized spacial score (nSPS) is 14.7. The van der Waals surface area contributed by atoms with Crippen molar-refractivity contribution < 1.29 is 34.5 Å². The smallest absolute Gasteiger partial charge is 0.328 e. The summed E-state index contributed by atoms with van der Waals surface area (Å²) in [5.74, 6) is -3.69. The maximum atomic E-state index is 12.6. The quantitative estimate of drug-likeness (QED) is 0.176. The zero-order valence-corrected chi connectivity index (χ0v) is 17.1. The van der Waals surface area contributed by atoms with E-state index in [1.54, 1.807) is 0 Å². The molecular formula is C18H26N4O7S. The number of aliphatic hydroxyl groups excluding tert-OH is 1. The average molecular weight is 442 g/mol. The Hall–Kier alpha value is -2.83. The number of amides is 3. The van der Waals surface area contributed by atoms with Crippen LogP contribution in [0.5, 0.6) is 5.75 Å². The van der Waals surface area contributed by atoms with Gasteiger partial charge in [-0.05, 0) is 24.6 Å². The number of carboxylic acid groups (broad SMARTS) is 1. The third-order valence-electron chi connectivity index (χ3n) is 4.04. The van der Waals surface area contributed by atoms with E-state index in [2.05, 4.69) is 28.6 Å². The summed E-state index contributed by atoms with van der Waals surface area (Å²) in [6, 6.07) is 1.08. The second kappa shape index (κ2) is 12.0. The van der Waals surface area contributed by atoms with Crippen molar-refractivity contribution in [2.75, 3.05) is 12.4 Å². The highest BCUT2D eigenvalue weighted by Crippen LogP contribution is 2.12. The lowest BCUT2D eigenvalue weighted by molar-refractivity contribution is -0.143. The second-order valence-corrected chi connectivity index (χ2v) is 6.91. The Morgan fingerprint density at radius 2 is 1.47 bits per heavy atom. The van der Waals surface area contributed by atoms with Crippen LogP contribution < -0.4 is 21.7 Å². The van der Waals surface area contributed by atoms with Crippen molar-refractivity contribution in [3.63, 3.8) is 0 Å². The van der Waals surface area contributed by atoms with Crippen LogP contribution in [0, 0.1) is 0 Å². The zero-order chi connectivity index (χ0) is 22.8. The van der Waals surface area contributed by atoms with Gasteiger partial charge in [0.15, 0.2) is 0 Å². The molecule has 4 atom stereocenters. The summed E-state index contributed by atoms with van der Waals surface area (Å²) in [4.78, 5) is 48.0. The number of hydrogen-bond acceptors (Lipinski definition) is 8. The lowest BCUT2D eigenvalue weighted by Crippen LogP contribution is -2.58. The van der Waals surface area contributed by atoms with Gasteiger partial charge in [-0.25, -0.2) is 4.79 Å². The fourth-order valence-electron chi connectivity index (χ4n) is 2.30. The van der Waals surface area contributed by atoms with Gasteiger partial charge >= 0.3 is 5.97 Å². The third-order valence-corrected chi connectivity index (χ3v) is 4.40. The van der Waals surface area contributed by atoms with Crippen molar-refractivity contribution in [1.82, 2.24) is 16.0 Å². The van der Waals surface area contributed by atoms with Crippen molar-refractivity contribution in [1.29, 1.82) is 0 Å². The minimum absolute atomic E-state index is 0.00348. The van der Waals surface area contributed by atoms with Crippen LogP contribution in [0.3, 0.4) is 0 Å². The van der Waals surface area contributed by atoms with Gasteiger partial charge in [-0.15, -0.1) is 0 Å². The van der Waals surface area contributed by atoms with Gasteiger partial charge in [0.2, 0.25) is 17.7 Å². The summed E-state index contributed by atoms with van der Waals surface area (Å²) in [6.07, 6.45) is -0.0455. The second-order valence-electron chi connectivity index (χ2n) is 6.55. The van der Waals surface area contributed by atoms with Gasteiger partial charge in [-0.2, -0.15) is 12.6 Å². The van der Waals surface area contributed by atoms with Crippen LogP contribution in [0.25, 0.3) is 0 Å². The third kappa shape index (κ3) is 7.89. The van der Waals surface area contributed by atoms with Crippen LogP contribution in [-0.2, 0) is 25.6 Å². The molecule has 0 radical (unpaired) electrons. The van der Waals surface area contributed by atoms with Gasteiger partial charge in [0, 0.05) is 12.2 Å². The number of phenols is 1. The van der Waals surface area contributed by atoms with Crippen molar-refractivity contribution in [3.05, 3.63) is 29.8 Å². The summed E-state index contributed by atoms with van der Waals surface area (Å²) < 4.78 is 0. The van der Waals surface area contributed by atoms with Crippen molar-refractivity contribution in [3.8, 4) is 5.75 Å². The largest absolute Gasteiger partial charge is 0.508 e. The molecule has 0 spiro atoms. The molecule has 166 valence electrons. The Morgan fingerprint density at radius 3 is 1.93 bits per heavy atom. The first-order chi connectivity index (χ1) is 14.1. The number of thiol groups is 1. The Kier molecular flexibility index (Phi) is 10.1. The number of carbonyl (C=O) groups excluding carboxylic acids is 3. The standard InChI is InChI=1S/C18H26N4O7S/c1-9(19)15(25)22-14(8-30)17(27)20-12(6-10-2-4-11(24)5-3-10)16(26)21-13(7-23)18(28)29/h2-5,9,12-14,23-24,30H,6-8,19H2,1H3,(H,20,27)(H,21,26)(H,22,25)(H,28,29). The minimum Gasteiger partial charge on any atom is -0.508 e. The van der Waals surface area contributed by atoms with E-state index in [0.717, 1.165) is 0 Å². The van der Waals surface area contributed by atoms with Gasteiger partial charge in [0.25, 0.3) is 0 Å². The number of phenolic OH excluding ortho intramolecular Hbond substituents is 1. The van der Waals surface area contributed by atoms with Crippen LogP contribution in [0.4, 0.5) is 0 Å². The van der Waals surface area contributed by atoms with Crippen LogP contribution in [0.1, 0.15) is 12.5 Å².